The number of nitrogens with two attached hydrogens (primary N) is 1. The van der Waals surface area contributed by atoms with Gasteiger partial charge in [-0.2, -0.15) is 0 Å². The summed E-state index contributed by atoms with van der Waals surface area (Å²) in [5, 5.41) is 2.81. The first-order valence-electron chi connectivity index (χ1n) is 6.42. The van der Waals surface area contributed by atoms with Crippen LogP contribution in [-0.2, 0) is 17.9 Å². The van der Waals surface area contributed by atoms with Gasteiger partial charge in [-0.25, -0.2) is 4.79 Å². The van der Waals surface area contributed by atoms with Crippen molar-refractivity contribution in [3.63, 3.8) is 0 Å². The van der Waals surface area contributed by atoms with Crippen molar-refractivity contribution < 1.29 is 4.79 Å². The van der Waals surface area contributed by atoms with Gasteiger partial charge in [-0.3, -0.25) is 18.7 Å². The van der Waals surface area contributed by atoms with E-state index in [0.717, 1.165) is 17.4 Å². The standard InChI is InChI=1S/C12H18N4O3/c1-2-15-7-9(13)11(18)16(12(15)19)6-5-10(17)14-8-3-4-8/h7-8H,2-6,13H2,1H3,(H,14,17). The van der Waals surface area contributed by atoms with Crippen molar-refractivity contribution in [1.82, 2.24) is 14.5 Å². The minimum Gasteiger partial charge on any atom is -0.393 e. The molecule has 0 unspecified atom stereocenters. The van der Waals surface area contributed by atoms with E-state index in [9.17, 15) is 14.4 Å². The van der Waals surface area contributed by atoms with Crippen LogP contribution in [-0.4, -0.2) is 21.1 Å². The molecule has 2 rings (SSSR count). The minimum atomic E-state index is -0.533. The molecule has 7 heteroatoms. The lowest BCUT2D eigenvalue weighted by Gasteiger charge is -2.10. The van der Waals surface area contributed by atoms with Crippen LogP contribution in [0.2, 0.25) is 0 Å². The fourth-order valence-corrected chi connectivity index (χ4v) is 1.84. The Morgan fingerprint density at radius 3 is 2.74 bits per heavy atom. The van der Waals surface area contributed by atoms with Crippen LogP contribution in [0, 0.1) is 0 Å². The van der Waals surface area contributed by atoms with Crippen LogP contribution in [0.3, 0.4) is 0 Å². The molecule has 0 atom stereocenters. The number of nitrogens with zero attached hydrogens (tertiary/aromatic N) is 2. The molecule has 19 heavy (non-hydrogen) atoms. The highest BCUT2D eigenvalue weighted by Gasteiger charge is 2.23. The number of aryl methyl sites for hydroxylation is 1. The second-order valence-corrected chi connectivity index (χ2v) is 4.70. The summed E-state index contributed by atoms with van der Waals surface area (Å²) in [6.45, 7) is 2.27. The van der Waals surface area contributed by atoms with E-state index in [2.05, 4.69) is 5.32 Å². The smallest absolute Gasteiger partial charge is 0.331 e. The number of amides is 1. The van der Waals surface area contributed by atoms with Crippen LogP contribution in [0.4, 0.5) is 5.69 Å². The first-order chi connectivity index (χ1) is 9.02. The van der Waals surface area contributed by atoms with Crippen LogP contribution >= 0.6 is 0 Å². The van der Waals surface area contributed by atoms with Crippen LogP contribution in [0.1, 0.15) is 26.2 Å². The van der Waals surface area contributed by atoms with E-state index in [1.165, 1.54) is 10.8 Å². The van der Waals surface area contributed by atoms with Crippen molar-refractivity contribution in [3.8, 4) is 0 Å². The molecule has 1 fully saturated rings. The first kappa shape index (κ1) is 13.4. The molecule has 0 saturated heterocycles. The van der Waals surface area contributed by atoms with Crippen molar-refractivity contribution in [3.05, 3.63) is 27.0 Å². The molecular weight excluding hydrogens is 248 g/mol. The van der Waals surface area contributed by atoms with E-state index in [0.29, 0.717) is 6.54 Å². The molecule has 1 heterocycles. The van der Waals surface area contributed by atoms with Gasteiger partial charge in [0.15, 0.2) is 0 Å². The predicted octanol–water partition coefficient (Wildman–Crippen LogP) is -0.719. The maximum atomic E-state index is 12.0. The van der Waals surface area contributed by atoms with Gasteiger partial charge in [0.2, 0.25) is 5.91 Å². The van der Waals surface area contributed by atoms with Gasteiger partial charge < -0.3 is 11.1 Å². The zero-order valence-corrected chi connectivity index (χ0v) is 10.9. The third kappa shape index (κ3) is 3.04. The van der Waals surface area contributed by atoms with E-state index in [4.69, 9.17) is 5.73 Å². The van der Waals surface area contributed by atoms with E-state index >= 15 is 0 Å². The zero-order chi connectivity index (χ0) is 14.0. The average Bonchev–Trinajstić information content (AvgIpc) is 3.17. The zero-order valence-electron chi connectivity index (χ0n) is 10.9. The second-order valence-electron chi connectivity index (χ2n) is 4.70. The van der Waals surface area contributed by atoms with E-state index in [1.54, 1.807) is 6.92 Å². The second kappa shape index (κ2) is 5.29. The van der Waals surface area contributed by atoms with Gasteiger partial charge in [-0.15, -0.1) is 0 Å². The molecule has 1 amide bonds. The molecule has 0 radical (unpaired) electrons. The largest absolute Gasteiger partial charge is 0.393 e. The molecule has 0 aliphatic heterocycles. The molecule has 0 spiro atoms. The van der Waals surface area contributed by atoms with Gasteiger partial charge in [-0.1, -0.05) is 0 Å². The number of hydrogen-bond acceptors (Lipinski definition) is 4. The third-order valence-corrected chi connectivity index (χ3v) is 3.11. The number of rotatable bonds is 5. The van der Waals surface area contributed by atoms with E-state index in [-0.39, 0.29) is 30.6 Å². The Hall–Kier alpha value is -2.05. The Kier molecular flexibility index (Phi) is 3.73. The molecule has 1 saturated carbocycles. The molecular formula is C12H18N4O3. The van der Waals surface area contributed by atoms with Crippen molar-refractivity contribution >= 4 is 11.6 Å². The molecule has 0 aromatic carbocycles. The predicted molar refractivity (Wildman–Crippen MR) is 70.8 cm³/mol. The van der Waals surface area contributed by atoms with Gasteiger partial charge in [0.25, 0.3) is 5.56 Å². The lowest BCUT2D eigenvalue weighted by molar-refractivity contribution is -0.121. The maximum Gasteiger partial charge on any atom is 0.331 e. The highest BCUT2D eigenvalue weighted by molar-refractivity contribution is 5.76. The Morgan fingerprint density at radius 2 is 2.16 bits per heavy atom. The summed E-state index contributed by atoms with van der Waals surface area (Å²) in [5.74, 6) is -0.140. The third-order valence-electron chi connectivity index (χ3n) is 3.11. The summed E-state index contributed by atoms with van der Waals surface area (Å²) >= 11 is 0. The molecule has 1 aliphatic rings. The van der Waals surface area contributed by atoms with Crippen molar-refractivity contribution in [1.29, 1.82) is 0 Å². The van der Waals surface area contributed by atoms with Crippen molar-refractivity contribution in [2.75, 3.05) is 5.73 Å². The van der Waals surface area contributed by atoms with Crippen LogP contribution < -0.4 is 22.3 Å². The van der Waals surface area contributed by atoms with E-state index < -0.39 is 11.2 Å². The SMILES string of the molecule is CCn1cc(N)c(=O)n(CCC(=O)NC2CC2)c1=O. The van der Waals surface area contributed by atoms with Gasteiger partial charge in [0.1, 0.15) is 5.69 Å². The summed E-state index contributed by atoms with van der Waals surface area (Å²) in [7, 11) is 0. The van der Waals surface area contributed by atoms with Gasteiger partial charge in [0, 0.05) is 31.7 Å². The van der Waals surface area contributed by atoms with Crippen molar-refractivity contribution in [2.45, 2.75) is 45.3 Å². The molecule has 104 valence electrons. The summed E-state index contributed by atoms with van der Waals surface area (Å²) < 4.78 is 2.38. The topological polar surface area (TPSA) is 99.1 Å². The summed E-state index contributed by atoms with van der Waals surface area (Å²) in [4.78, 5) is 35.3. The fourth-order valence-electron chi connectivity index (χ4n) is 1.84. The van der Waals surface area contributed by atoms with Crippen LogP contribution in [0.5, 0.6) is 0 Å². The molecule has 0 bridgehead atoms. The molecule has 1 aromatic rings. The Labute approximate surface area is 110 Å². The number of nitrogen functional groups attached to an aromatic ring is 1. The summed E-state index contributed by atoms with van der Waals surface area (Å²) in [5.41, 5.74) is 4.62. The van der Waals surface area contributed by atoms with Crippen molar-refractivity contribution in [2.24, 2.45) is 0 Å². The lowest BCUT2D eigenvalue weighted by Crippen LogP contribution is -2.41. The van der Waals surface area contributed by atoms with Crippen LogP contribution in [0.15, 0.2) is 15.8 Å². The van der Waals surface area contributed by atoms with E-state index in [1.807, 2.05) is 0 Å². The monoisotopic (exact) mass is 266 g/mol. The lowest BCUT2D eigenvalue weighted by atomic mass is 10.3. The molecule has 3 N–H and O–H groups in total. The quantitative estimate of drug-likeness (QED) is 0.734. The summed E-state index contributed by atoms with van der Waals surface area (Å²) in [6.07, 6.45) is 3.46. The number of carbonyl (C=O) groups excluding carboxylic acids is 1. The first-order valence-corrected chi connectivity index (χ1v) is 6.42. The number of hydrogen-bond donors (Lipinski definition) is 2. The minimum absolute atomic E-state index is 0.0176. The fraction of sp³-hybridized carbons (Fsp3) is 0.583. The summed E-state index contributed by atoms with van der Waals surface area (Å²) in [6, 6.07) is 0.275. The average molecular weight is 266 g/mol. The Balaban J connectivity index is 2.14. The maximum absolute atomic E-state index is 12.0. The van der Waals surface area contributed by atoms with Gasteiger partial charge >= 0.3 is 5.69 Å². The molecule has 7 nitrogen and oxygen atoms in total. The number of anilines is 1. The Morgan fingerprint density at radius 1 is 1.47 bits per heavy atom. The Bertz CT molecular complexity index is 598. The number of carbonyl (C=O) groups is 1. The van der Waals surface area contributed by atoms with Crippen LogP contribution in [0.25, 0.3) is 0 Å². The normalized spacial score (nSPS) is 14.4. The number of nitrogens with one attached hydrogen (secondary N) is 1. The highest BCUT2D eigenvalue weighted by Crippen LogP contribution is 2.18. The van der Waals surface area contributed by atoms with Gasteiger partial charge in [0.05, 0.1) is 0 Å². The molecule has 1 aliphatic carbocycles. The highest BCUT2D eigenvalue weighted by atomic mass is 16.2. The van der Waals surface area contributed by atoms with Gasteiger partial charge in [-0.05, 0) is 19.8 Å². The number of aromatic nitrogens is 2. The molecule has 1 aromatic heterocycles.